The first-order valence-corrected chi connectivity index (χ1v) is 5.64. The number of amides is 1. The first-order chi connectivity index (χ1) is 8.08. The van der Waals surface area contributed by atoms with E-state index in [4.69, 9.17) is 5.11 Å². The average molecular weight is 238 g/mol. The van der Waals surface area contributed by atoms with Gasteiger partial charge >= 0.3 is 0 Å². The number of nitrogens with zero attached hydrogens (tertiary/aromatic N) is 1. The summed E-state index contributed by atoms with van der Waals surface area (Å²) < 4.78 is 1.36. The average Bonchev–Trinajstić information content (AvgIpc) is 2.32. The number of aryl methyl sites for hydroxylation is 1. The maximum atomic E-state index is 11.7. The first kappa shape index (κ1) is 13.4. The standard InChI is InChI=1S/C12H18N2O3/c1-3-10(8-15)13-11(16)7-14-6-4-5-9(2)12(14)17/h4-6,10,15H,3,7-8H2,1-2H3,(H,13,16). The van der Waals surface area contributed by atoms with Crippen LogP contribution in [-0.2, 0) is 11.3 Å². The molecule has 5 heteroatoms. The predicted octanol–water partition coefficient (Wildman–Crippen LogP) is 0.0438. The maximum Gasteiger partial charge on any atom is 0.253 e. The minimum absolute atomic E-state index is 0.0169. The Morgan fingerprint density at radius 3 is 2.88 bits per heavy atom. The Balaban J connectivity index is 2.68. The number of hydrogen-bond donors (Lipinski definition) is 2. The lowest BCUT2D eigenvalue weighted by molar-refractivity contribution is -0.122. The summed E-state index contributed by atoms with van der Waals surface area (Å²) in [5.74, 6) is -0.265. The molecule has 0 fully saturated rings. The molecule has 0 saturated heterocycles. The molecule has 2 N–H and O–H groups in total. The molecule has 1 aromatic heterocycles. The van der Waals surface area contributed by atoms with Crippen molar-refractivity contribution in [2.75, 3.05) is 6.61 Å². The molecule has 0 spiro atoms. The van der Waals surface area contributed by atoms with Crippen LogP contribution in [0.1, 0.15) is 18.9 Å². The van der Waals surface area contributed by atoms with Crippen LogP contribution in [0.5, 0.6) is 0 Å². The van der Waals surface area contributed by atoms with Crippen molar-refractivity contribution in [3.05, 3.63) is 34.2 Å². The van der Waals surface area contributed by atoms with Gasteiger partial charge < -0.3 is 15.0 Å². The van der Waals surface area contributed by atoms with Gasteiger partial charge in [-0.05, 0) is 19.4 Å². The van der Waals surface area contributed by atoms with Crippen molar-refractivity contribution in [1.29, 1.82) is 0 Å². The number of aliphatic hydroxyl groups excluding tert-OH is 1. The van der Waals surface area contributed by atoms with E-state index >= 15 is 0 Å². The molecule has 1 rings (SSSR count). The van der Waals surface area contributed by atoms with E-state index in [1.807, 2.05) is 6.92 Å². The molecule has 1 heterocycles. The largest absolute Gasteiger partial charge is 0.394 e. The molecule has 0 aliphatic carbocycles. The molecule has 17 heavy (non-hydrogen) atoms. The highest BCUT2D eigenvalue weighted by Crippen LogP contribution is 1.92. The number of carbonyl (C=O) groups excluding carboxylic acids is 1. The Hall–Kier alpha value is -1.62. The molecular formula is C12H18N2O3. The van der Waals surface area contributed by atoms with Crippen LogP contribution in [0.25, 0.3) is 0 Å². The Morgan fingerprint density at radius 2 is 2.29 bits per heavy atom. The first-order valence-electron chi connectivity index (χ1n) is 5.64. The summed E-state index contributed by atoms with van der Waals surface area (Å²) in [7, 11) is 0. The molecule has 1 amide bonds. The number of aromatic nitrogens is 1. The fourth-order valence-electron chi connectivity index (χ4n) is 1.49. The van der Waals surface area contributed by atoms with Crippen LogP contribution in [0.2, 0.25) is 0 Å². The second-order valence-electron chi connectivity index (χ2n) is 3.98. The zero-order valence-electron chi connectivity index (χ0n) is 10.1. The van der Waals surface area contributed by atoms with Gasteiger partial charge in [0.1, 0.15) is 6.54 Å². The lowest BCUT2D eigenvalue weighted by atomic mass is 10.2. The molecule has 0 bridgehead atoms. The number of pyridine rings is 1. The van der Waals surface area contributed by atoms with E-state index in [0.29, 0.717) is 12.0 Å². The lowest BCUT2D eigenvalue weighted by Crippen LogP contribution is -2.40. The zero-order chi connectivity index (χ0) is 12.8. The summed E-state index contributed by atoms with van der Waals surface area (Å²) in [6.45, 7) is 3.47. The molecule has 1 atom stereocenters. The Bertz CT molecular complexity index is 436. The van der Waals surface area contributed by atoms with E-state index in [0.717, 1.165) is 0 Å². The third-order valence-corrected chi connectivity index (χ3v) is 2.60. The highest BCUT2D eigenvalue weighted by molar-refractivity contribution is 5.76. The SMILES string of the molecule is CCC(CO)NC(=O)Cn1cccc(C)c1=O. The second-order valence-corrected chi connectivity index (χ2v) is 3.98. The molecule has 5 nitrogen and oxygen atoms in total. The van der Waals surface area contributed by atoms with E-state index in [9.17, 15) is 9.59 Å². The normalized spacial score (nSPS) is 12.2. The van der Waals surface area contributed by atoms with E-state index in [2.05, 4.69) is 5.32 Å². The fourth-order valence-corrected chi connectivity index (χ4v) is 1.49. The molecule has 1 unspecified atom stereocenters. The molecule has 1 aromatic rings. The van der Waals surface area contributed by atoms with Gasteiger partial charge in [0.15, 0.2) is 0 Å². The van der Waals surface area contributed by atoms with Crippen molar-refractivity contribution >= 4 is 5.91 Å². The predicted molar refractivity (Wildman–Crippen MR) is 64.7 cm³/mol. The molecular weight excluding hydrogens is 220 g/mol. The molecule has 0 aliphatic heterocycles. The summed E-state index contributed by atoms with van der Waals surface area (Å²) in [6, 6.07) is 3.19. The number of aliphatic hydroxyl groups is 1. The molecule has 94 valence electrons. The quantitative estimate of drug-likeness (QED) is 0.761. The van der Waals surface area contributed by atoms with Crippen LogP contribution in [0.4, 0.5) is 0 Å². The van der Waals surface area contributed by atoms with Gasteiger partial charge in [-0.3, -0.25) is 9.59 Å². The van der Waals surface area contributed by atoms with E-state index < -0.39 is 0 Å². The summed E-state index contributed by atoms with van der Waals surface area (Å²) in [5, 5.41) is 11.6. The summed E-state index contributed by atoms with van der Waals surface area (Å²) in [6.07, 6.45) is 2.24. The number of rotatable bonds is 5. The maximum absolute atomic E-state index is 11.7. The van der Waals surface area contributed by atoms with Crippen LogP contribution >= 0.6 is 0 Å². The Kier molecular flexibility index (Phi) is 4.90. The van der Waals surface area contributed by atoms with Gasteiger partial charge in [0.25, 0.3) is 5.56 Å². The molecule has 0 aromatic carbocycles. The summed E-state index contributed by atoms with van der Waals surface area (Å²) in [4.78, 5) is 23.3. The van der Waals surface area contributed by atoms with E-state index in [1.165, 1.54) is 4.57 Å². The van der Waals surface area contributed by atoms with Crippen molar-refractivity contribution in [3.8, 4) is 0 Å². The van der Waals surface area contributed by atoms with Gasteiger partial charge in [-0.1, -0.05) is 13.0 Å². The Labute approximate surface area is 100 Å². The van der Waals surface area contributed by atoms with Crippen molar-refractivity contribution in [1.82, 2.24) is 9.88 Å². The Morgan fingerprint density at radius 1 is 1.59 bits per heavy atom. The van der Waals surface area contributed by atoms with Crippen molar-refractivity contribution in [3.63, 3.8) is 0 Å². The van der Waals surface area contributed by atoms with Crippen molar-refractivity contribution in [2.45, 2.75) is 32.9 Å². The smallest absolute Gasteiger partial charge is 0.253 e. The van der Waals surface area contributed by atoms with Gasteiger partial charge in [0.2, 0.25) is 5.91 Å². The summed E-state index contributed by atoms with van der Waals surface area (Å²) in [5.41, 5.74) is 0.439. The molecule has 0 saturated carbocycles. The fraction of sp³-hybridized carbons (Fsp3) is 0.500. The van der Waals surface area contributed by atoms with E-state index in [-0.39, 0.29) is 30.7 Å². The monoisotopic (exact) mass is 238 g/mol. The highest BCUT2D eigenvalue weighted by atomic mass is 16.3. The van der Waals surface area contributed by atoms with Gasteiger partial charge in [-0.2, -0.15) is 0 Å². The van der Waals surface area contributed by atoms with Crippen molar-refractivity contribution in [2.24, 2.45) is 0 Å². The second kappa shape index (κ2) is 6.20. The van der Waals surface area contributed by atoms with Gasteiger partial charge in [-0.25, -0.2) is 0 Å². The van der Waals surface area contributed by atoms with Crippen LogP contribution in [0.3, 0.4) is 0 Å². The minimum Gasteiger partial charge on any atom is -0.394 e. The number of carbonyl (C=O) groups is 1. The van der Waals surface area contributed by atoms with Crippen LogP contribution in [0.15, 0.2) is 23.1 Å². The van der Waals surface area contributed by atoms with Crippen LogP contribution in [-0.4, -0.2) is 28.2 Å². The minimum atomic E-state index is -0.265. The topological polar surface area (TPSA) is 71.3 Å². The van der Waals surface area contributed by atoms with Crippen LogP contribution in [0, 0.1) is 6.92 Å². The third-order valence-electron chi connectivity index (χ3n) is 2.60. The van der Waals surface area contributed by atoms with Crippen LogP contribution < -0.4 is 10.9 Å². The van der Waals surface area contributed by atoms with Gasteiger partial charge in [0, 0.05) is 11.8 Å². The molecule has 0 radical (unpaired) electrons. The molecule has 0 aliphatic rings. The van der Waals surface area contributed by atoms with E-state index in [1.54, 1.807) is 25.3 Å². The summed E-state index contributed by atoms with van der Waals surface area (Å²) >= 11 is 0. The van der Waals surface area contributed by atoms with Crippen molar-refractivity contribution < 1.29 is 9.90 Å². The third kappa shape index (κ3) is 3.71. The van der Waals surface area contributed by atoms with Gasteiger partial charge in [0.05, 0.1) is 12.6 Å². The van der Waals surface area contributed by atoms with Gasteiger partial charge in [-0.15, -0.1) is 0 Å². The number of hydrogen-bond acceptors (Lipinski definition) is 3. The highest BCUT2D eigenvalue weighted by Gasteiger charge is 2.10. The lowest BCUT2D eigenvalue weighted by Gasteiger charge is -2.14. The zero-order valence-corrected chi connectivity index (χ0v) is 10.1. The number of nitrogens with one attached hydrogen (secondary N) is 1.